The Hall–Kier alpha value is -2.08. The molecule has 0 radical (unpaired) electrons. The van der Waals surface area contributed by atoms with Crippen LogP contribution in [0.5, 0.6) is 5.75 Å². The van der Waals surface area contributed by atoms with Crippen LogP contribution >= 0.6 is 15.9 Å². The van der Waals surface area contributed by atoms with Crippen LogP contribution in [0.1, 0.15) is 5.56 Å². The van der Waals surface area contributed by atoms with Gasteiger partial charge in [0.25, 0.3) is 0 Å². The van der Waals surface area contributed by atoms with Crippen LogP contribution in [-0.2, 0) is 6.42 Å². The van der Waals surface area contributed by atoms with E-state index in [0.717, 1.165) is 34.8 Å². The van der Waals surface area contributed by atoms with E-state index in [-0.39, 0.29) is 0 Å². The highest BCUT2D eigenvalue weighted by atomic mass is 79.9. The van der Waals surface area contributed by atoms with E-state index < -0.39 is 0 Å². The number of imidazole rings is 1. The van der Waals surface area contributed by atoms with Gasteiger partial charge in [-0.1, -0.05) is 18.2 Å². The molecular weight excluding hydrogens is 332 g/mol. The lowest BCUT2D eigenvalue weighted by Gasteiger charge is -2.10. The van der Waals surface area contributed by atoms with E-state index in [0.29, 0.717) is 0 Å². The van der Waals surface area contributed by atoms with Gasteiger partial charge in [-0.15, -0.1) is 0 Å². The molecule has 2 aromatic heterocycles. The first-order valence-electron chi connectivity index (χ1n) is 6.63. The van der Waals surface area contributed by atoms with Crippen molar-refractivity contribution in [3.05, 3.63) is 53.0 Å². The van der Waals surface area contributed by atoms with Gasteiger partial charge in [0.15, 0.2) is 11.5 Å². The highest BCUT2D eigenvalue weighted by molar-refractivity contribution is 9.10. The molecule has 108 valence electrons. The van der Waals surface area contributed by atoms with E-state index in [9.17, 15) is 0 Å². The summed E-state index contributed by atoms with van der Waals surface area (Å²) in [6.45, 7) is 0.756. The van der Waals surface area contributed by atoms with E-state index in [1.165, 1.54) is 5.56 Å². The van der Waals surface area contributed by atoms with Crippen LogP contribution in [0.3, 0.4) is 0 Å². The predicted octanol–water partition coefficient (Wildman–Crippen LogP) is 3.16. The van der Waals surface area contributed by atoms with E-state index in [4.69, 9.17) is 4.74 Å². The zero-order valence-corrected chi connectivity index (χ0v) is 13.2. The number of methoxy groups -OCH3 is 1. The topological polar surface area (TPSA) is 51.5 Å². The molecule has 0 unspecified atom stereocenters. The second kappa shape index (κ2) is 6.13. The molecule has 0 saturated heterocycles. The second-order valence-corrected chi connectivity index (χ2v) is 5.37. The van der Waals surface area contributed by atoms with Crippen LogP contribution in [0, 0.1) is 0 Å². The molecule has 0 atom stereocenters. The third-order valence-electron chi connectivity index (χ3n) is 3.22. The molecular formula is C15H15BrN4O. The number of benzene rings is 1. The molecule has 0 aliphatic heterocycles. The van der Waals surface area contributed by atoms with Gasteiger partial charge >= 0.3 is 0 Å². The number of fused-ring (bicyclic) bond motifs is 1. The highest BCUT2D eigenvalue weighted by Gasteiger charge is 2.07. The van der Waals surface area contributed by atoms with E-state index in [1.807, 2.05) is 35.0 Å². The molecule has 6 heteroatoms. The molecule has 3 aromatic rings. The molecule has 5 nitrogen and oxygen atoms in total. The number of hydrogen-bond donors (Lipinski definition) is 1. The van der Waals surface area contributed by atoms with Crippen molar-refractivity contribution in [2.75, 3.05) is 19.0 Å². The molecule has 3 rings (SSSR count). The van der Waals surface area contributed by atoms with Crippen molar-refractivity contribution >= 4 is 27.4 Å². The summed E-state index contributed by atoms with van der Waals surface area (Å²) in [5.74, 6) is 1.68. The van der Waals surface area contributed by atoms with Crippen LogP contribution in [0.2, 0.25) is 0 Å². The van der Waals surface area contributed by atoms with Gasteiger partial charge in [0.2, 0.25) is 0 Å². The fraction of sp³-hybridized carbons (Fsp3) is 0.200. The number of ether oxygens (including phenoxy) is 1. The molecule has 1 aromatic carbocycles. The molecule has 0 fully saturated rings. The van der Waals surface area contributed by atoms with Gasteiger partial charge < -0.3 is 14.5 Å². The quantitative estimate of drug-likeness (QED) is 0.770. The van der Waals surface area contributed by atoms with Crippen molar-refractivity contribution < 1.29 is 4.74 Å². The monoisotopic (exact) mass is 346 g/mol. The number of halogens is 1. The third-order valence-corrected chi connectivity index (χ3v) is 3.61. The molecule has 1 N–H and O–H groups in total. The van der Waals surface area contributed by atoms with Gasteiger partial charge in [0.05, 0.1) is 7.11 Å². The first kappa shape index (κ1) is 13.9. The number of rotatable bonds is 5. The number of aromatic nitrogens is 3. The first-order valence-corrected chi connectivity index (χ1v) is 7.42. The summed E-state index contributed by atoms with van der Waals surface area (Å²) in [7, 11) is 1.69. The van der Waals surface area contributed by atoms with Crippen molar-refractivity contribution in [3.63, 3.8) is 0 Å². The average Bonchev–Trinajstić information content (AvgIpc) is 2.96. The van der Waals surface area contributed by atoms with E-state index in [1.54, 1.807) is 13.3 Å². The van der Waals surface area contributed by atoms with E-state index >= 15 is 0 Å². The van der Waals surface area contributed by atoms with Gasteiger partial charge in [-0.3, -0.25) is 0 Å². The van der Waals surface area contributed by atoms with Crippen LogP contribution in [0.15, 0.2) is 47.5 Å². The summed E-state index contributed by atoms with van der Waals surface area (Å²) in [6, 6.07) is 8.03. The Morgan fingerprint density at radius 3 is 3.05 bits per heavy atom. The number of hydrogen-bond acceptors (Lipinski definition) is 4. The van der Waals surface area contributed by atoms with Crippen molar-refractivity contribution in [1.82, 2.24) is 14.4 Å². The lowest BCUT2D eigenvalue weighted by molar-refractivity contribution is 0.410. The fourth-order valence-corrected chi connectivity index (χ4v) is 2.64. The first-order chi connectivity index (χ1) is 10.3. The summed E-state index contributed by atoms with van der Waals surface area (Å²) in [4.78, 5) is 8.75. The van der Waals surface area contributed by atoms with Crippen molar-refractivity contribution in [3.8, 4) is 5.75 Å². The van der Waals surface area contributed by atoms with Crippen LogP contribution < -0.4 is 10.1 Å². The summed E-state index contributed by atoms with van der Waals surface area (Å²) >= 11 is 3.41. The Bertz CT molecular complexity index is 756. The molecule has 2 heterocycles. The average molecular weight is 347 g/mol. The minimum atomic E-state index is 0.756. The summed E-state index contributed by atoms with van der Waals surface area (Å²) in [5, 5.41) is 3.33. The molecule has 0 aliphatic carbocycles. The zero-order valence-electron chi connectivity index (χ0n) is 11.6. The van der Waals surface area contributed by atoms with Gasteiger partial charge in [0, 0.05) is 25.1 Å². The standard InChI is InChI=1S/C15H15BrN4O/c1-21-12-5-3-2-4-11(12)6-7-17-14-15-18-8-9-20(15)10-13(16)19-14/h2-5,8-10H,6-7H2,1H3,(H,17,19). The Morgan fingerprint density at radius 2 is 2.19 bits per heavy atom. The maximum absolute atomic E-state index is 5.36. The lowest BCUT2D eigenvalue weighted by Crippen LogP contribution is -2.09. The Kier molecular flexibility index (Phi) is 4.06. The second-order valence-electron chi connectivity index (χ2n) is 4.56. The van der Waals surface area contributed by atoms with Crippen LogP contribution in [0.4, 0.5) is 5.82 Å². The Morgan fingerprint density at radius 1 is 1.33 bits per heavy atom. The SMILES string of the molecule is COc1ccccc1CCNc1nc(Br)cn2ccnc12. The number of anilines is 1. The maximum atomic E-state index is 5.36. The minimum Gasteiger partial charge on any atom is -0.496 e. The Balaban J connectivity index is 1.73. The molecule has 0 bridgehead atoms. The summed E-state index contributed by atoms with van der Waals surface area (Å²) in [5.41, 5.74) is 1.99. The largest absolute Gasteiger partial charge is 0.496 e. The van der Waals surface area contributed by atoms with Crippen molar-refractivity contribution in [2.24, 2.45) is 0 Å². The van der Waals surface area contributed by atoms with Crippen molar-refractivity contribution in [2.45, 2.75) is 6.42 Å². The number of nitrogens with zero attached hydrogens (tertiary/aromatic N) is 3. The lowest BCUT2D eigenvalue weighted by atomic mass is 10.1. The molecule has 0 aliphatic rings. The summed E-state index contributed by atoms with van der Waals surface area (Å²) < 4.78 is 8.06. The minimum absolute atomic E-state index is 0.756. The van der Waals surface area contributed by atoms with Crippen molar-refractivity contribution in [1.29, 1.82) is 0 Å². The van der Waals surface area contributed by atoms with Gasteiger partial charge in [-0.25, -0.2) is 9.97 Å². The molecule has 21 heavy (non-hydrogen) atoms. The van der Waals surface area contributed by atoms with Crippen LogP contribution in [-0.4, -0.2) is 28.0 Å². The number of para-hydroxylation sites is 1. The summed E-state index contributed by atoms with van der Waals surface area (Å²) in [6.07, 6.45) is 6.39. The third kappa shape index (κ3) is 3.00. The highest BCUT2D eigenvalue weighted by Crippen LogP contribution is 2.19. The van der Waals surface area contributed by atoms with Crippen LogP contribution in [0.25, 0.3) is 5.65 Å². The zero-order chi connectivity index (χ0) is 14.7. The van der Waals surface area contributed by atoms with Gasteiger partial charge in [0.1, 0.15) is 10.4 Å². The van der Waals surface area contributed by atoms with Gasteiger partial charge in [-0.2, -0.15) is 0 Å². The maximum Gasteiger partial charge on any atom is 0.180 e. The molecule has 0 saturated carbocycles. The molecule has 0 spiro atoms. The smallest absolute Gasteiger partial charge is 0.180 e. The normalized spacial score (nSPS) is 10.8. The Labute approximate surface area is 131 Å². The molecule has 0 amide bonds. The van der Waals surface area contributed by atoms with Gasteiger partial charge in [-0.05, 0) is 34.0 Å². The fourth-order valence-electron chi connectivity index (χ4n) is 2.24. The predicted molar refractivity (Wildman–Crippen MR) is 85.9 cm³/mol. The van der Waals surface area contributed by atoms with E-state index in [2.05, 4.69) is 37.3 Å². The number of nitrogens with one attached hydrogen (secondary N) is 1.